The quantitative estimate of drug-likeness (QED) is 0.523. The Morgan fingerprint density at radius 1 is 1.07 bits per heavy atom. The molecule has 0 saturated heterocycles. The smallest absolute Gasteiger partial charge is 0.261 e. The number of fused-ring (bicyclic) bond motifs is 2. The van der Waals surface area contributed by atoms with E-state index in [9.17, 15) is 4.79 Å². The maximum atomic E-state index is 12.6. The number of benzene rings is 2. The zero-order valence-electron chi connectivity index (χ0n) is 16.1. The maximum absolute atomic E-state index is 12.6. The van der Waals surface area contributed by atoms with Gasteiger partial charge in [0.1, 0.15) is 4.83 Å². The number of thiophene rings is 1. The van der Waals surface area contributed by atoms with Crippen molar-refractivity contribution in [1.29, 1.82) is 0 Å². The van der Waals surface area contributed by atoms with Crippen molar-refractivity contribution in [1.82, 2.24) is 15.2 Å². The summed E-state index contributed by atoms with van der Waals surface area (Å²) in [5.74, 6) is -0.0312. The minimum absolute atomic E-state index is 0.0312. The summed E-state index contributed by atoms with van der Waals surface area (Å²) in [6.45, 7) is 4.35. The molecule has 0 atom stereocenters. The first-order chi connectivity index (χ1) is 13.6. The van der Waals surface area contributed by atoms with Crippen molar-refractivity contribution in [3.63, 3.8) is 0 Å². The molecule has 4 nitrogen and oxygen atoms in total. The largest absolute Gasteiger partial charge is 0.350 e. The van der Waals surface area contributed by atoms with E-state index in [-0.39, 0.29) is 5.91 Å². The zero-order chi connectivity index (χ0) is 19.5. The fraction of sp³-hybridized carbons (Fsp3) is 0.217. The number of carbonyl (C=O) groups is 1. The lowest BCUT2D eigenvalue weighted by Gasteiger charge is -2.16. The number of likely N-dealkylation sites (N-methyl/N-ethyl adjacent to an activating group) is 1. The standard InChI is InChI=1S/C23H23N3OS/c1-16-8-9-18-13-19-14-21(28-23(19)25-20(18)12-16)22(27)24-10-11-26(2)15-17-6-4-3-5-7-17/h3-9,12-14H,10-11,15H2,1-2H3,(H,24,27). The number of aryl methyl sites for hydroxylation is 1. The van der Waals surface area contributed by atoms with Crippen LogP contribution in [-0.2, 0) is 6.54 Å². The molecule has 142 valence electrons. The Bertz CT molecular complexity index is 1120. The number of nitrogens with zero attached hydrogens (tertiary/aromatic N) is 2. The predicted octanol–water partition coefficient (Wildman–Crippen LogP) is 4.62. The van der Waals surface area contributed by atoms with Gasteiger partial charge in [-0.1, -0.05) is 42.5 Å². The molecule has 0 fully saturated rings. The van der Waals surface area contributed by atoms with Crippen LogP contribution in [0.5, 0.6) is 0 Å². The first kappa shape index (κ1) is 18.6. The molecule has 1 amide bonds. The number of rotatable bonds is 6. The third kappa shape index (κ3) is 4.21. The van der Waals surface area contributed by atoms with E-state index in [2.05, 4.69) is 60.6 Å². The second kappa shape index (κ2) is 8.09. The molecular formula is C23H23N3OS. The van der Waals surface area contributed by atoms with Gasteiger partial charge in [-0.25, -0.2) is 4.98 Å². The van der Waals surface area contributed by atoms with Crippen LogP contribution in [0.25, 0.3) is 21.1 Å². The van der Waals surface area contributed by atoms with E-state index in [1.54, 1.807) is 0 Å². The molecule has 5 heteroatoms. The fourth-order valence-corrected chi connectivity index (χ4v) is 4.21. The highest BCUT2D eigenvalue weighted by atomic mass is 32.1. The van der Waals surface area contributed by atoms with Crippen LogP contribution in [0.3, 0.4) is 0 Å². The molecule has 2 heterocycles. The van der Waals surface area contributed by atoms with Crippen LogP contribution in [0, 0.1) is 6.92 Å². The lowest BCUT2D eigenvalue weighted by molar-refractivity contribution is 0.0953. The van der Waals surface area contributed by atoms with Crippen molar-refractivity contribution < 1.29 is 4.79 Å². The molecule has 0 aliphatic rings. The van der Waals surface area contributed by atoms with Gasteiger partial charge in [-0.05, 0) is 43.3 Å². The van der Waals surface area contributed by atoms with Gasteiger partial charge in [-0.2, -0.15) is 0 Å². The lowest BCUT2D eigenvalue weighted by Crippen LogP contribution is -2.32. The molecule has 1 N–H and O–H groups in total. The van der Waals surface area contributed by atoms with Crippen LogP contribution in [-0.4, -0.2) is 35.9 Å². The molecule has 4 aromatic rings. The summed E-state index contributed by atoms with van der Waals surface area (Å²) in [7, 11) is 2.07. The highest BCUT2D eigenvalue weighted by Gasteiger charge is 2.12. The Hall–Kier alpha value is -2.76. The van der Waals surface area contributed by atoms with Gasteiger partial charge in [0.15, 0.2) is 0 Å². The van der Waals surface area contributed by atoms with Gasteiger partial charge in [-0.3, -0.25) is 4.79 Å². The number of nitrogens with one attached hydrogen (secondary N) is 1. The van der Waals surface area contributed by atoms with Crippen LogP contribution in [0.15, 0.2) is 60.7 Å². The van der Waals surface area contributed by atoms with Crippen LogP contribution in [0.2, 0.25) is 0 Å². The average Bonchev–Trinajstić information content (AvgIpc) is 3.10. The molecule has 0 bridgehead atoms. The monoisotopic (exact) mass is 389 g/mol. The van der Waals surface area contributed by atoms with Crippen LogP contribution >= 0.6 is 11.3 Å². The summed E-state index contributed by atoms with van der Waals surface area (Å²) in [4.78, 5) is 21.1. The van der Waals surface area contributed by atoms with Gasteiger partial charge in [-0.15, -0.1) is 11.3 Å². The van der Waals surface area contributed by atoms with Crippen molar-refractivity contribution in [3.8, 4) is 0 Å². The van der Waals surface area contributed by atoms with Crippen molar-refractivity contribution in [2.75, 3.05) is 20.1 Å². The second-order valence-corrected chi connectivity index (χ2v) is 8.20. The molecule has 4 rings (SSSR count). The van der Waals surface area contributed by atoms with Crippen LogP contribution in [0.1, 0.15) is 20.8 Å². The SMILES string of the molecule is Cc1ccc2cc3cc(C(=O)NCCN(C)Cc4ccccc4)sc3nc2c1. The van der Waals surface area contributed by atoms with Gasteiger partial charge in [0.2, 0.25) is 0 Å². The van der Waals surface area contributed by atoms with E-state index in [1.807, 2.05) is 24.3 Å². The number of pyridine rings is 1. The van der Waals surface area contributed by atoms with Gasteiger partial charge < -0.3 is 10.2 Å². The zero-order valence-corrected chi connectivity index (χ0v) is 16.9. The number of hydrogen-bond acceptors (Lipinski definition) is 4. The summed E-state index contributed by atoms with van der Waals surface area (Å²) in [5, 5.41) is 5.15. The Labute approximate surface area is 168 Å². The second-order valence-electron chi connectivity index (χ2n) is 7.17. The first-order valence-electron chi connectivity index (χ1n) is 9.40. The lowest BCUT2D eigenvalue weighted by atomic mass is 10.1. The van der Waals surface area contributed by atoms with E-state index in [1.165, 1.54) is 22.5 Å². The number of hydrogen-bond donors (Lipinski definition) is 1. The predicted molar refractivity (Wildman–Crippen MR) is 117 cm³/mol. The summed E-state index contributed by atoms with van der Waals surface area (Å²) in [5.41, 5.74) is 3.44. The molecule has 0 spiro atoms. The van der Waals surface area contributed by atoms with E-state index in [0.29, 0.717) is 11.4 Å². The molecule has 0 unspecified atom stereocenters. The molecule has 28 heavy (non-hydrogen) atoms. The van der Waals surface area contributed by atoms with Gasteiger partial charge in [0.25, 0.3) is 5.91 Å². The topological polar surface area (TPSA) is 45.2 Å². The Morgan fingerprint density at radius 2 is 1.89 bits per heavy atom. The third-order valence-electron chi connectivity index (χ3n) is 4.76. The van der Waals surface area contributed by atoms with Crippen molar-refractivity contribution in [2.45, 2.75) is 13.5 Å². The molecule has 0 saturated carbocycles. The number of amides is 1. The van der Waals surface area contributed by atoms with E-state index in [4.69, 9.17) is 4.98 Å². The summed E-state index contributed by atoms with van der Waals surface area (Å²) >= 11 is 1.45. The summed E-state index contributed by atoms with van der Waals surface area (Å²) in [6, 6.07) is 20.6. The van der Waals surface area contributed by atoms with Crippen molar-refractivity contribution in [3.05, 3.63) is 76.7 Å². The van der Waals surface area contributed by atoms with Gasteiger partial charge in [0.05, 0.1) is 10.4 Å². The Balaban J connectivity index is 1.39. The van der Waals surface area contributed by atoms with E-state index in [0.717, 1.165) is 34.2 Å². The average molecular weight is 390 g/mol. The van der Waals surface area contributed by atoms with Crippen molar-refractivity contribution >= 4 is 38.4 Å². The van der Waals surface area contributed by atoms with Crippen LogP contribution in [0.4, 0.5) is 0 Å². The third-order valence-corrected chi connectivity index (χ3v) is 5.80. The highest BCUT2D eigenvalue weighted by molar-refractivity contribution is 7.20. The van der Waals surface area contributed by atoms with Gasteiger partial charge >= 0.3 is 0 Å². The van der Waals surface area contributed by atoms with Gasteiger partial charge in [0, 0.05) is 30.4 Å². The number of aromatic nitrogens is 1. The van der Waals surface area contributed by atoms with Crippen molar-refractivity contribution in [2.24, 2.45) is 0 Å². The van der Waals surface area contributed by atoms with E-state index >= 15 is 0 Å². The molecular weight excluding hydrogens is 366 g/mol. The minimum Gasteiger partial charge on any atom is -0.350 e. The number of carbonyl (C=O) groups excluding carboxylic acids is 1. The Morgan fingerprint density at radius 3 is 2.71 bits per heavy atom. The normalized spacial score (nSPS) is 11.4. The maximum Gasteiger partial charge on any atom is 0.261 e. The van der Waals surface area contributed by atoms with Crippen LogP contribution < -0.4 is 5.32 Å². The summed E-state index contributed by atoms with van der Waals surface area (Å²) in [6.07, 6.45) is 0. The summed E-state index contributed by atoms with van der Waals surface area (Å²) < 4.78 is 0. The first-order valence-corrected chi connectivity index (χ1v) is 10.2. The van der Waals surface area contributed by atoms with E-state index < -0.39 is 0 Å². The molecule has 2 aromatic carbocycles. The molecule has 2 aromatic heterocycles. The molecule has 0 aliphatic carbocycles. The molecule has 0 radical (unpaired) electrons. The molecule has 0 aliphatic heterocycles. The Kier molecular flexibility index (Phi) is 5.37. The highest BCUT2D eigenvalue weighted by Crippen LogP contribution is 2.27. The minimum atomic E-state index is -0.0312. The fourth-order valence-electron chi connectivity index (χ4n) is 3.27.